The summed E-state index contributed by atoms with van der Waals surface area (Å²) in [6, 6.07) is 0. The molecular formula is C29H49N4O9-. The summed E-state index contributed by atoms with van der Waals surface area (Å²) >= 11 is 0. The van der Waals surface area contributed by atoms with Crippen molar-refractivity contribution in [2.45, 2.75) is 122 Å². The molecular weight excluding hydrogens is 548 g/mol. The van der Waals surface area contributed by atoms with Crippen molar-refractivity contribution in [2.24, 2.45) is 0 Å². The van der Waals surface area contributed by atoms with Gasteiger partial charge in [0, 0.05) is 71.1 Å². The molecule has 0 saturated carbocycles. The van der Waals surface area contributed by atoms with Crippen molar-refractivity contribution in [2.75, 3.05) is 26.2 Å². The first-order chi connectivity index (χ1) is 20.1. The number of aliphatic hydroxyl groups excluding tert-OH is 1. The van der Waals surface area contributed by atoms with Crippen molar-refractivity contribution in [3.63, 3.8) is 0 Å². The number of hydrogen-bond donors (Lipinski definition) is 4. The molecule has 1 fully saturated rings. The van der Waals surface area contributed by atoms with Crippen LogP contribution >= 0.6 is 0 Å². The van der Waals surface area contributed by atoms with Crippen LogP contribution in [0.4, 0.5) is 0 Å². The zero-order chi connectivity index (χ0) is 31.2. The molecule has 0 aromatic heterocycles. The molecule has 0 spiro atoms. The number of nitrogens with one attached hydrogen (secondary N) is 2. The first-order valence-corrected chi connectivity index (χ1v) is 15.3. The van der Waals surface area contributed by atoms with Crippen molar-refractivity contribution in [3.8, 4) is 0 Å². The molecule has 0 aromatic rings. The molecule has 1 unspecified atom stereocenters. The number of nitrogens with zero attached hydrogens (tertiary/aromatic N) is 2. The number of Topliss-reactive ketones (excluding diaryl/α,β-unsaturated/α-hetero) is 2. The Labute approximate surface area is 248 Å². The Balaban J connectivity index is 2.49. The molecule has 1 saturated heterocycles. The molecule has 42 heavy (non-hydrogen) atoms. The van der Waals surface area contributed by atoms with Crippen LogP contribution in [-0.2, 0) is 28.8 Å². The molecule has 0 radical (unpaired) electrons. The fraction of sp³-hybridized carbons (Fsp3) is 0.793. The Kier molecular flexibility index (Phi) is 20.0. The highest BCUT2D eigenvalue weighted by Crippen LogP contribution is 2.12. The monoisotopic (exact) mass is 597 g/mol. The van der Waals surface area contributed by atoms with E-state index in [1.165, 1.54) is 0 Å². The van der Waals surface area contributed by atoms with Gasteiger partial charge in [0.25, 0.3) is 0 Å². The standard InChI is InChI=1S/C29H49N4O9/c34-23-11-5-1-2-6-12-24(35)25(36)14-15-26(37)30-19-7-3-10-22-33(42)29(40)18-16-27(38)31-20-8-4-9-21-32(41)28(39)17-13-23/h24,35,42H,1-22H2,(H,30,37)(H,31,38)/q-1. The predicted octanol–water partition coefficient (Wildman–Crippen LogP) is 2.30. The van der Waals surface area contributed by atoms with Crippen molar-refractivity contribution >= 4 is 35.2 Å². The normalized spacial score (nSPS) is 23.3. The molecule has 1 aliphatic rings. The molecule has 0 aliphatic carbocycles. The lowest BCUT2D eigenvalue weighted by Crippen LogP contribution is -2.31. The van der Waals surface area contributed by atoms with Crippen LogP contribution < -0.4 is 10.6 Å². The Hall–Kier alpha value is -2.90. The van der Waals surface area contributed by atoms with Crippen LogP contribution in [0.25, 0.3) is 0 Å². The average Bonchev–Trinajstić information content (AvgIpc) is 2.97. The Morgan fingerprint density at radius 2 is 1.14 bits per heavy atom. The summed E-state index contributed by atoms with van der Waals surface area (Å²) in [4.78, 5) is 72.2. The number of hydroxylamine groups is 4. The number of ketones is 2. The minimum atomic E-state index is -1.13. The minimum Gasteiger partial charge on any atom is -0.756 e. The highest BCUT2D eigenvalue weighted by atomic mass is 16.5. The van der Waals surface area contributed by atoms with Gasteiger partial charge >= 0.3 is 0 Å². The van der Waals surface area contributed by atoms with Crippen LogP contribution in [-0.4, -0.2) is 87.9 Å². The van der Waals surface area contributed by atoms with Gasteiger partial charge in [0.2, 0.25) is 23.6 Å². The van der Waals surface area contributed by atoms with Gasteiger partial charge in [-0.3, -0.25) is 34.0 Å². The molecule has 13 nitrogen and oxygen atoms in total. The molecule has 4 amide bonds. The van der Waals surface area contributed by atoms with Crippen molar-refractivity contribution in [1.29, 1.82) is 0 Å². The average molecular weight is 598 g/mol. The summed E-state index contributed by atoms with van der Waals surface area (Å²) in [5.41, 5.74) is 0. The molecule has 0 aromatic carbocycles. The highest BCUT2D eigenvalue weighted by Gasteiger charge is 2.16. The van der Waals surface area contributed by atoms with E-state index in [0.29, 0.717) is 87.4 Å². The first kappa shape index (κ1) is 37.1. The quantitative estimate of drug-likeness (QED) is 0.303. The second kappa shape index (κ2) is 22.7. The third-order valence-electron chi connectivity index (χ3n) is 7.13. The Morgan fingerprint density at radius 3 is 1.81 bits per heavy atom. The summed E-state index contributed by atoms with van der Waals surface area (Å²) in [5, 5.41) is 38.3. The topological polar surface area (TPSA) is 196 Å². The van der Waals surface area contributed by atoms with E-state index in [2.05, 4.69) is 10.6 Å². The number of aliphatic hydroxyl groups is 1. The fourth-order valence-corrected chi connectivity index (χ4v) is 4.43. The zero-order valence-electron chi connectivity index (χ0n) is 24.8. The molecule has 1 heterocycles. The van der Waals surface area contributed by atoms with E-state index in [4.69, 9.17) is 0 Å². The van der Waals surface area contributed by atoms with Crippen molar-refractivity contribution < 1.29 is 39.1 Å². The van der Waals surface area contributed by atoms with Crippen LogP contribution in [0.3, 0.4) is 0 Å². The SMILES string of the molecule is O=C1CCCCCCC(O)C(=O)CCC(=O)NCCCCCN(O)C(=O)CCC(=O)NCCCCCN([O-])C(=O)CC1. The van der Waals surface area contributed by atoms with E-state index >= 15 is 0 Å². The maximum atomic E-state index is 12.1. The predicted molar refractivity (Wildman–Crippen MR) is 154 cm³/mol. The number of amides is 4. The first-order valence-electron chi connectivity index (χ1n) is 15.3. The summed E-state index contributed by atoms with van der Waals surface area (Å²) in [6.45, 7) is 0.882. The maximum Gasteiger partial charge on any atom is 0.246 e. The summed E-state index contributed by atoms with van der Waals surface area (Å²) < 4.78 is 0. The molecule has 0 bridgehead atoms. The van der Waals surface area contributed by atoms with Gasteiger partial charge in [-0.2, -0.15) is 0 Å². The molecule has 13 heteroatoms. The number of carbonyl (C=O) groups excluding carboxylic acids is 6. The summed E-state index contributed by atoms with van der Waals surface area (Å²) in [7, 11) is 0. The highest BCUT2D eigenvalue weighted by molar-refractivity contribution is 5.87. The van der Waals surface area contributed by atoms with Gasteiger partial charge in [-0.1, -0.05) is 19.3 Å². The lowest BCUT2D eigenvalue weighted by atomic mass is 10.0. The van der Waals surface area contributed by atoms with E-state index in [1.54, 1.807) is 0 Å². The van der Waals surface area contributed by atoms with Gasteiger partial charge in [-0.25, -0.2) is 5.06 Å². The largest absolute Gasteiger partial charge is 0.756 e. The van der Waals surface area contributed by atoms with E-state index < -0.39 is 17.9 Å². The Bertz CT molecular complexity index is 759. The van der Waals surface area contributed by atoms with E-state index in [9.17, 15) is 44.3 Å². The third kappa shape index (κ3) is 18.5. The number of rotatable bonds is 0. The lowest BCUT2D eigenvalue weighted by Gasteiger charge is -2.28. The van der Waals surface area contributed by atoms with Gasteiger partial charge in [0.05, 0.1) is 0 Å². The van der Waals surface area contributed by atoms with Gasteiger partial charge in [-0.05, 0) is 51.4 Å². The lowest BCUT2D eigenvalue weighted by molar-refractivity contribution is -0.166. The maximum absolute atomic E-state index is 12.1. The smallest absolute Gasteiger partial charge is 0.246 e. The van der Waals surface area contributed by atoms with Crippen LogP contribution in [0.15, 0.2) is 0 Å². The van der Waals surface area contributed by atoms with Crippen LogP contribution in [0.5, 0.6) is 0 Å². The van der Waals surface area contributed by atoms with Crippen LogP contribution in [0, 0.1) is 5.21 Å². The van der Waals surface area contributed by atoms with Gasteiger partial charge in [-0.15, -0.1) is 0 Å². The Morgan fingerprint density at radius 1 is 0.595 bits per heavy atom. The second-order valence-electron chi connectivity index (χ2n) is 10.8. The van der Waals surface area contributed by atoms with Gasteiger partial charge in [0.15, 0.2) is 5.78 Å². The zero-order valence-corrected chi connectivity index (χ0v) is 24.8. The second-order valence-corrected chi connectivity index (χ2v) is 10.8. The van der Waals surface area contributed by atoms with Crippen molar-refractivity contribution in [1.82, 2.24) is 20.8 Å². The minimum absolute atomic E-state index is 0.0148. The third-order valence-corrected chi connectivity index (χ3v) is 7.13. The van der Waals surface area contributed by atoms with Gasteiger partial charge < -0.3 is 26.0 Å². The summed E-state index contributed by atoms with van der Waals surface area (Å²) in [5.74, 6) is -2.27. The number of hydrogen-bond acceptors (Lipinski definition) is 9. The van der Waals surface area contributed by atoms with Crippen LogP contribution in [0.2, 0.25) is 0 Å². The number of carbonyl (C=O) groups is 6. The molecule has 4 N–H and O–H groups in total. The van der Waals surface area contributed by atoms with E-state index in [-0.39, 0.29) is 75.0 Å². The molecule has 1 atom stereocenters. The van der Waals surface area contributed by atoms with E-state index in [1.807, 2.05) is 0 Å². The molecule has 1 aliphatic heterocycles. The molecule has 240 valence electrons. The van der Waals surface area contributed by atoms with Crippen molar-refractivity contribution in [3.05, 3.63) is 5.21 Å². The fourth-order valence-electron chi connectivity index (χ4n) is 4.43. The van der Waals surface area contributed by atoms with Gasteiger partial charge in [0.1, 0.15) is 11.9 Å². The van der Waals surface area contributed by atoms with Crippen LogP contribution in [0.1, 0.15) is 116 Å². The molecule has 1 rings (SSSR count). The van der Waals surface area contributed by atoms with E-state index in [0.717, 1.165) is 12.8 Å². The summed E-state index contributed by atoms with van der Waals surface area (Å²) in [6.07, 6.45) is 5.25.